The quantitative estimate of drug-likeness (QED) is 0.743. The molecule has 1 amide bonds. The van der Waals surface area contributed by atoms with Gasteiger partial charge in [-0.3, -0.25) is 9.48 Å². The lowest BCUT2D eigenvalue weighted by Gasteiger charge is -2.10. The summed E-state index contributed by atoms with van der Waals surface area (Å²) in [6, 6.07) is 1.99. The van der Waals surface area contributed by atoms with Crippen LogP contribution in [0.25, 0.3) is 0 Å². The molecule has 0 aliphatic carbocycles. The normalized spacial score (nSPS) is 19.9. The number of amides is 1. The number of aromatic nitrogens is 2. The molecule has 2 heterocycles. The Hall–Kier alpha value is -1.36. The van der Waals surface area contributed by atoms with Gasteiger partial charge in [-0.25, -0.2) is 0 Å². The van der Waals surface area contributed by atoms with E-state index in [0.29, 0.717) is 6.54 Å². The summed E-state index contributed by atoms with van der Waals surface area (Å²) < 4.78 is 1.77. The van der Waals surface area contributed by atoms with E-state index in [4.69, 9.17) is 0 Å². The van der Waals surface area contributed by atoms with Crippen molar-refractivity contribution in [3.8, 4) is 0 Å². The third kappa shape index (κ3) is 2.82. The number of aryl methyl sites for hydroxylation is 1. The van der Waals surface area contributed by atoms with E-state index < -0.39 is 0 Å². The van der Waals surface area contributed by atoms with Crippen LogP contribution in [0.3, 0.4) is 0 Å². The van der Waals surface area contributed by atoms with E-state index in [-0.39, 0.29) is 11.9 Å². The molecule has 0 aromatic carbocycles. The van der Waals surface area contributed by atoms with E-state index in [2.05, 4.69) is 15.7 Å². The molecule has 1 aliphatic heterocycles. The van der Waals surface area contributed by atoms with Crippen molar-refractivity contribution in [2.45, 2.75) is 25.3 Å². The Kier molecular flexibility index (Phi) is 3.56. The predicted molar refractivity (Wildman–Crippen MR) is 60.9 cm³/mol. The van der Waals surface area contributed by atoms with Gasteiger partial charge in [0.15, 0.2) is 0 Å². The molecule has 5 nitrogen and oxygen atoms in total. The number of carbonyl (C=O) groups excluding carboxylic acids is 1. The Balaban J connectivity index is 1.69. The van der Waals surface area contributed by atoms with Crippen LogP contribution in [0, 0.1) is 0 Å². The number of nitrogens with zero attached hydrogens (tertiary/aromatic N) is 2. The monoisotopic (exact) mass is 222 g/mol. The zero-order valence-electron chi connectivity index (χ0n) is 9.57. The number of nitrogens with one attached hydrogen (secondary N) is 2. The van der Waals surface area contributed by atoms with Crippen LogP contribution in [-0.4, -0.2) is 34.8 Å². The molecule has 1 unspecified atom stereocenters. The maximum atomic E-state index is 11.6. The second kappa shape index (κ2) is 5.12. The average molecular weight is 222 g/mol. The molecule has 0 saturated carbocycles. The lowest BCUT2D eigenvalue weighted by atomic mass is 10.2. The fourth-order valence-corrected chi connectivity index (χ4v) is 1.94. The molecule has 1 aromatic heterocycles. The largest absolute Gasteiger partial charge is 0.354 e. The van der Waals surface area contributed by atoms with E-state index in [1.54, 1.807) is 4.68 Å². The SMILES string of the molecule is Cn1ccc(CCNC(=O)C2CCCN2)n1. The van der Waals surface area contributed by atoms with Crippen LogP contribution in [0.2, 0.25) is 0 Å². The molecular formula is C11H18N4O. The minimum atomic E-state index is 0.0173. The van der Waals surface area contributed by atoms with Gasteiger partial charge >= 0.3 is 0 Å². The Bertz CT molecular complexity index is 355. The Morgan fingerprint density at radius 2 is 2.62 bits per heavy atom. The van der Waals surface area contributed by atoms with Gasteiger partial charge in [0.2, 0.25) is 5.91 Å². The van der Waals surface area contributed by atoms with E-state index in [1.165, 1.54) is 0 Å². The van der Waals surface area contributed by atoms with Crippen molar-refractivity contribution < 1.29 is 4.79 Å². The third-order valence-corrected chi connectivity index (χ3v) is 2.83. The second-order valence-corrected chi connectivity index (χ2v) is 4.17. The van der Waals surface area contributed by atoms with Crippen molar-refractivity contribution in [2.75, 3.05) is 13.1 Å². The standard InChI is InChI=1S/C11H18N4O/c1-15-8-5-9(14-15)4-7-13-11(16)10-3-2-6-12-10/h5,8,10,12H,2-4,6-7H2,1H3,(H,13,16). The van der Waals surface area contributed by atoms with Crippen LogP contribution in [-0.2, 0) is 18.3 Å². The first-order valence-electron chi connectivity index (χ1n) is 5.75. The summed E-state index contributed by atoms with van der Waals surface area (Å²) in [6.07, 6.45) is 4.75. The molecule has 2 N–H and O–H groups in total. The summed E-state index contributed by atoms with van der Waals surface area (Å²) in [6.45, 7) is 1.62. The van der Waals surface area contributed by atoms with Crippen molar-refractivity contribution in [2.24, 2.45) is 7.05 Å². The summed E-state index contributed by atoms with van der Waals surface area (Å²) >= 11 is 0. The molecule has 0 radical (unpaired) electrons. The van der Waals surface area contributed by atoms with Crippen molar-refractivity contribution in [1.29, 1.82) is 0 Å². The van der Waals surface area contributed by atoms with Gasteiger partial charge in [0.25, 0.3) is 0 Å². The number of hydrogen-bond donors (Lipinski definition) is 2. The van der Waals surface area contributed by atoms with E-state index in [9.17, 15) is 4.79 Å². The fourth-order valence-electron chi connectivity index (χ4n) is 1.94. The average Bonchev–Trinajstić information content (AvgIpc) is 2.89. The van der Waals surface area contributed by atoms with Gasteiger partial charge in [-0.1, -0.05) is 0 Å². The summed E-state index contributed by atoms with van der Waals surface area (Å²) in [4.78, 5) is 11.6. The number of carbonyl (C=O) groups is 1. The van der Waals surface area contributed by atoms with Gasteiger partial charge in [0.1, 0.15) is 0 Å². The van der Waals surface area contributed by atoms with Gasteiger partial charge in [-0.05, 0) is 25.5 Å². The van der Waals surface area contributed by atoms with Gasteiger partial charge < -0.3 is 10.6 Å². The first-order chi connectivity index (χ1) is 7.75. The van der Waals surface area contributed by atoms with Crippen molar-refractivity contribution in [3.63, 3.8) is 0 Å². The Morgan fingerprint density at radius 1 is 1.75 bits per heavy atom. The first kappa shape index (κ1) is 11.1. The second-order valence-electron chi connectivity index (χ2n) is 4.17. The molecule has 1 atom stereocenters. The molecular weight excluding hydrogens is 204 g/mol. The first-order valence-corrected chi connectivity index (χ1v) is 5.75. The molecule has 16 heavy (non-hydrogen) atoms. The Labute approximate surface area is 95.2 Å². The minimum Gasteiger partial charge on any atom is -0.354 e. The van der Waals surface area contributed by atoms with E-state index >= 15 is 0 Å². The van der Waals surface area contributed by atoms with Gasteiger partial charge in [-0.2, -0.15) is 5.10 Å². The molecule has 88 valence electrons. The third-order valence-electron chi connectivity index (χ3n) is 2.83. The molecule has 2 rings (SSSR count). The van der Waals surface area contributed by atoms with Crippen LogP contribution in [0.1, 0.15) is 18.5 Å². The highest BCUT2D eigenvalue weighted by Gasteiger charge is 2.21. The molecule has 1 aromatic rings. The smallest absolute Gasteiger partial charge is 0.237 e. The lowest BCUT2D eigenvalue weighted by Crippen LogP contribution is -2.41. The fraction of sp³-hybridized carbons (Fsp3) is 0.636. The van der Waals surface area contributed by atoms with E-state index in [0.717, 1.165) is 31.5 Å². The highest BCUT2D eigenvalue weighted by atomic mass is 16.2. The molecule has 1 aliphatic rings. The predicted octanol–water partition coefficient (Wildman–Crippen LogP) is -0.169. The van der Waals surface area contributed by atoms with Crippen LogP contribution in [0.5, 0.6) is 0 Å². The molecule has 1 fully saturated rings. The van der Waals surface area contributed by atoms with Gasteiger partial charge in [0, 0.05) is 26.2 Å². The Morgan fingerprint density at radius 3 is 3.25 bits per heavy atom. The topological polar surface area (TPSA) is 59.0 Å². The van der Waals surface area contributed by atoms with E-state index in [1.807, 2.05) is 19.3 Å². The number of hydrogen-bond acceptors (Lipinski definition) is 3. The zero-order chi connectivity index (χ0) is 11.4. The van der Waals surface area contributed by atoms with Crippen LogP contribution < -0.4 is 10.6 Å². The van der Waals surface area contributed by atoms with Crippen LogP contribution in [0.4, 0.5) is 0 Å². The van der Waals surface area contributed by atoms with Gasteiger partial charge in [0.05, 0.1) is 11.7 Å². The summed E-state index contributed by atoms with van der Waals surface area (Å²) in [7, 11) is 1.89. The minimum absolute atomic E-state index is 0.0173. The molecule has 1 saturated heterocycles. The van der Waals surface area contributed by atoms with Crippen LogP contribution in [0.15, 0.2) is 12.3 Å². The van der Waals surface area contributed by atoms with Crippen molar-refractivity contribution >= 4 is 5.91 Å². The van der Waals surface area contributed by atoms with Gasteiger partial charge in [-0.15, -0.1) is 0 Å². The molecule has 0 bridgehead atoms. The lowest BCUT2D eigenvalue weighted by molar-refractivity contribution is -0.122. The maximum Gasteiger partial charge on any atom is 0.237 e. The highest BCUT2D eigenvalue weighted by molar-refractivity contribution is 5.81. The zero-order valence-corrected chi connectivity index (χ0v) is 9.57. The molecule has 5 heteroatoms. The summed E-state index contributed by atoms with van der Waals surface area (Å²) in [5.41, 5.74) is 1.02. The number of rotatable bonds is 4. The summed E-state index contributed by atoms with van der Waals surface area (Å²) in [5.74, 6) is 0.119. The highest BCUT2D eigenvalue weighted by Crippen LogP contribution is 2.04. The van der Waals surface area contributed by atoms with Crippen LogP contribution >= 0.6 is 0 Å². The summed E-state index contributed by atoms with van der Waals surface area (Å²) in [5, 5.41) is 10.4. The van der Waals surface area contributed by atoms with Crippen molar-refractivity contribution in [3.05, 3.63) is 18.0 Å². The molecule has 0 spiro atoms. The maximum absolute atomic E-state index is 11.6. The van der Waals surface area contributed by atoms with Crippen molar-refractivity contribution in [1.82, 2.24) is 20.4 Å².